The zero-order chi connectivity index (χ0) is 21.3. The summed E-state index contributed by atoms with van der Waals surface area (Å²) in [6.45, 7) is 6.68. The highest BCUT2D eigenvalue weighted by atomic mass is 16.6. The summed E-state index contributed by atoms with van der Waals surface area (Å²) in [6.07, 6.45) is 2.69. The number of nitrogens with one attached hydrogen (secondary N) is 1. The van der Waals surface area contributed by atoms with Crippen LogP contribution in [0.4, 0.5) is 0 Å². The lowest BCUT2D eigenvalue weighted by Crippen LogP contribution is -2.53. The molecule has 0 aromatic rings. The van der Waals surface area contributed by atoms with Gasteiger partial charge in [0.1, 0.15) is 0 Å². The number of carbonyl (C=O) groups is 4. The first-order chi connectivity index (χ1) is 12.9. The van der Waals surface area contributed by atoms with Gasteiger partial charge in [-0.3, -0.25) is 9.59 Å². The number of ether oxygens (including phenoxy) is 2. The van der Waals surface area contributed by atoms with Crippen molar-refractivity contribution in [3.8, 4) is 0 Å². The fraction of sp³-hybridized carbons (Fsp3) is 0.789. The predicted octanol–water partition coefficient (Wildman–Crippen LogP) is 0.452. The van der Waals surface area contributed by atoms with Gasteiger partial charge in [0.2, 0.25) is 11.9 Å². The fourth-order valence-corrected chi connectivity index (χ4v) is 4.93. The maximum absolute atomic E-state index is 12.5. The molecule has 4 N–H and O–H groups in total. The van der Waals surface area contributed by atoms with E-state index in [1.54, 1.807) is 0 Å². The second-order valence-corrected chi connectivity index (χ2v) is 8.77. The minimum Gasteiger partial charge on any atom is -0.481 e. The first-order valence-corrected chi connectivity index (χ1v) is 9.44. The van der Waals surface area contributed by atoms with Crippen molar-refractivity contribution in [2.24, 2.45) is 28.4 Å². The molecule has 0 aliphatic heterocycles. The first-order valence-electron chi connectivity index (χ1n) is 9.44. The molecule has 0 radical (unpaired) electrons. The fourth-order valence-electron chi connectivity index (χ4n) is 4.93. The number of fused-ring (bicyclic) bond motifs is 2. The van der Waals surface area contributed by atoms with E-state index in [-0.39, 0.29) is 23.4 Å². The molecule has 0 saturated heterocycles. The first kappa shape index (κ1) is 22.1. The Morgan fingerprint density at radius 2 is 1.86 bits per heavy atom. The van der Waals surface area contributed by atoms with Crippen molar-refractivity contribution in [3.63, 3.8) is 0 Å². The van der Waals surface area contributed by atoms with Gasteiger partial charge in [0.25, 0.3) is 0 Å². The normalized spacial score (nSPS) is 29.6. The third kappa shape index (κ3) is 4.29. The van der Waals surface area contributed by atoms with E-state index in [9.17, 15) is 19.2 Å². The van der Waals surface area contributed by atoms with Crippen molar-refractivity contribution in [1.82, 2.24) is 5.32 Å². The number of carbonyl (C=O) groups excluding carboxylic acids is 3. The van der Waals surface area contributed by atoms with Crippen molar-refractivity contribution in [1.29, 1.82) is 0 Å². The Morgan fingerprint density at radius 3 is 2.36 bits per heavy atom. The van der Waals surface area contributed by atoms with Gasteiger partial charge in [-0.2, -0.15) is 0 Å². The van der Waals surface area contributed by atoms with E-state index in [1.165, 1.54) is 0 Å². The molecule has 2 rings (SSSR count). The summed E-state index contributed by atoms with van der Waals surface area (Å²) in [5.41, 5.74) is 5.58. The molecule has 0 heterocycles. The van der Waals surface area contributed by atoms with E-state index in [0.29, 0.717) is 5.92 Å². The van der Waals surface area contributed by atoms with E-state index in [2.05, 4.69) is 30.8 Å². The molecule has 0 spiro atoms. The Balaban J connectivity index is 2.02. The number of amides is 1. The Bertz CT molecular complexity index is 658. The molecule has 2 fully saturated rings. The maximum atomic E-state index is 12.5. The lowest BCUT2D eigenvalue weighted by Gasteiger charge is -2.42. The van der Waals surface area contributed by atoms with Gasteiger partial charge in [-0.1, -0.05) is 20.8 Å². The Kier molecular flexibility index (Phi) is 6.37. The topological polar surface area (TPSA) is 145 Å². The molecule has 0 aromatic carbocycles. The van der Waals surface area contributed by atoms with Crippen molar-refractivity contribution >= 4 is 23.8 Å². The van der Waals surface area contributed by atoms with Crippen LogP contribution in [0.2, 0.25) is 0 Å². The number of aliphatic carboxylic acids is 1. The van der Waals surface area contributed by atoms with Crippen molar-refractivity contribution in [2.45, 2.75) is 58.5 Å². The van der Waals surface area contributed by atoms with Gasteiger partial charge in [0.05, 0.1) is 26.2 Å². The third-order valence-corrected chi connectivity index (χ3v) is 6.65. The molecule has 1 amide bonds. The summed E-state index contributed by atoms with van der Waals surface area (Å²) >= 11 is 0. The smallest absolute Gasteiger partial charge is 0.340 e. The molecule has 2 aliphatic rings. The van der Waals surface area contributed by atoms with Crippen LogP contribution >= 0.6 is 0 Å². The zero-order valence-corrected chi connectivity index (χ0v) is 16.8. The number of esters is 2. The quantitative estimate of drug-likeness (QED) is 0.395. The van der Waals surface area contributed by atoms with E-state index < -0.39 is 42.3 Å². The van der Waals surface area contributed by atoms with Crippen LogP contribution in [0.5, 0.6) is 0 Å². The summed E-state index contributed by atoms with van der Waals surface area (Å²) in [6, 6.07) is -3.09. The Hall–Kier alpha value is -2.16. The zero-order valence-electron chi connectivity index (χ0n) is 16.8. The van der Waals surface area contributed by atoms with Gasteiger partial charge >= 0.3 is 17.9 Å². The number of rotatable bonds is 8. The van der Waals surface area contributed by atoms with Gasteiger partial charge in [0, 0.05) is 5.92 Å². The Labute approximate surface area is 164 Å². The number of carboxylic acids is 1. The van der Waals surface area contributed by atoms with E-state index >= 15 is 0 Å². The predicted molar refractivity (Wildman–Crippen MR) is 97.9 cm³/mol. The maximum Gasteiger partial charge on any atom is 0.340 e. The molecular formula is C19H30N2O7. The Morgan fingerprint density at radius 1 is 1.21 bits per heavy atom. The highest BCUT2D eigenvalue weighted by Gasteiger charge is 2.59. The summed E-state index contributed by atoms with van der Waals surface area (Å²) in [5.74, 6) is -3.44. The lowest BCUT2D eigenvalue weighted by atomic mass is 9.64. The second kappa shape index (κ2) is 8.06. The molecule has 9 heteroatoms. The van der Waals surface area contributed by atoms with Gasteiger partial charge in [-0.15, -0.1) is 0 Å². The summed E-state index contributed by atoms with van der Waals surface area (Å²) in [5, 5.41) is 10.9. The van der Waals surface area contributed by atoms with E-state index in [0.717, 1.165) is 26.4 Å². The molecule has 2 bridgehead atoms. The molecule has 2 saturated carbocycles. The number of hydrogen-bond donors (Lipinski definition) is 3. The SMILES string of the molecule is COC(=O)C(NC(=O)[C@@H](N)CC(=O)O)C(=O)OCC1C2(C)CCC(C2)C1(C)C. The van der Waals surface area contributed by atoms with Crippen LogP contribution < -0.4 is 11.1 Å². The van der Waals surface area contributed by atoms with Crippen LogP contribution in [0.25, 0.3) is 0 Å². The van der Waals surface area contributed by atoms with Crippen LogP contribution in [0.1, 0.15) is 46.5 Å². The highest BCUT2D eigenvalue weighted by Crippen LogP contribution is 2.65. The molecule has 5 atom stereocenters. The number of nitrogens with two attached hydrogens (primary N) is 1. The molecule has 2 aliphatic carbocycles. The van der Waals surface area contributed by atoms with Gasteiger partial charge in [0.15, 0.2) is 0 Å². The van der Waals surface area contributed by atoms with Crippen molar-refractivity contribution in [3.05, 3.63) is 0 Å². The van der Waals surface area contributed by atoms with Crippen LogP contribution in [0.15, 0.2) is 0 Å². The van der Waals surface area contributed by atoms with Crippen LogP contribution in [-0.4, -0.2) is 54.7 Å². The van der Waals surface area contributed by atoms with Crippen LogP contribution in [0, 0.1) is 22.7 Å². The van der Waals surface area contributed by atoms with Gasteiger partial charge in [-0.25, -0.2) is 9.59 Å². The summed E-state index contributed by atoms with van der Waals surface area (Å²) in [7, 11) is 1.08. The molecule has 4 unspecified atom stereocenters. The van der Waals surface area contributed by atoms with Crippen molar-refractivity contribution in [2.75, 3.05) is 13.7 Å². The number of carboxylic acid groups (broad SMARTS) is 1. The number of methoxy groups -OCH3 is 1. The highest BCUT2D eigenvalue weighted by molar-refractivity contribution is 6.03. The second-order valence-electron chi connectivity index (χ2n) is 8.77. The van der Waals surface area contributed by atoms with Crippen LogP contribution in [0.3, 0.4) is 0 Å². The van der Waals surface area contributed by atoms with E-state index in [1.807, 2.05) is 0 Å². The number of hydrogen-bond acceptors (Lipinski definition) is 7. The molecule has 158 valence electrons. The average molecular weight is 398 g/mol. The molecule has 28 heavy (non-hydrogen) atoms. The van der Waals surface area contributed by atoms with Crippen LogP contribution in [-0.2, 0) is 28.7 Å². The third-order valence-electron chi connectivity index (χ3n) is 6.65. The lowest BCUT2D eigenvalue weighted by molar-refractivity contribution is -0.161. The standard InChI is InChI=1S/C19H30N2O7/c1-18(2)10-5-6-19(3,8-10)12(18)9-28-17(26)14(16(25)27-4)21-15(24)11(20)7-13(22)23/h10-12,14H,5-9,20H2,1-4H3,(H,21,24)(H,22,23)/t10?,11-,12?,14?,19?/m0/s1. The molecule has 0 aromatic heterocycles. The molecular weight excluding hydrogens is 368 g/mol. The average Bonchev–Trinajstić information content (AvgIpc) is 3.08. The van der Waals surface area contributed by atoms with E-state index in [4.69, 9.17) is 15.6 Å². The van der Waals surface area contributed by atoms with Gasteiger partial charge < -0.3 is 25.6 Å². The summed E-state index contributed by atoms with van der Waals surface area (Å²) in [4.78, 5) is 47.2. The monoisotopic (exact) mass is 398 g/mol. The molecule has 9 nitrogen and oxygen atoms in total. The van der Waals surface area contributed by atoms with Crippen molar-refractivity contribution < 1.29 is 33.8 Å². The van der Waals surface area contributed by atoms with Gasteiger partial charge in [-0.05, 0) is 36.0 Å². The summed E-state index contributed by atoms with van der Waals surface area (Å²) < 4.78 is 9.98. The minimum atomic E-state index is -1.69. The largest absolute Gasteiger partial charge is 0.481 e. The minimum absolute atomic E-state index is 0.0150.